The molecule has 1 amide bonds. The van der Waals surface area contributed by atoms with E-state index in [0.717, 1.165) is 38.0 Å². The molecule has 4 heteroatoms. The van der Waals surface area contributed by atoms with Crippen molar-refractivity contribution < 1.29 is 4.79 Å². The zero-order valence-electron chi connectivity index (χ0n) is 13.3. The number of carbonyl (C=O) groups excluding carboxylic acids is 1. The summed E-state index contributed by atoms with van der Waals surface area (Å²) in [5, 5.41) is 12.8. The number of nitrogens with zero attached hydrogens (tertiary/aromatic N) is 2. The lowest BCUT2D eigenvalue weighted by Gasteiger charge is -2.37. The summed E-state index contributed by atoms with van der Waals surface area (Å²) < 4.78 is 0. The fourth-order valence-corrected chi connectivity index (χ4v) is 4.07. The maximum absolute atomic E-state index is 13.1. The zero-order valence-corrected chi connectivity index (χ0v) is 13.3. The van der Waals surface area contributed by atoms with Crippen molar-refractivity contribution in [1.82, 2.24) is 10.2 Å². The quantitative estimate of drug-likeness (QED) is 0.911. The Balaban J connectivity index is 2.07. The van der Waals surface area contributed by atoms with Crippen LogP contribution in [0.15, 0.2) is 24.3 Å². The van der Waals surface area contributed by atoms with Crippen LogP contribution in [0, 0.1) is 16.7 Å². The first-order valence-corrected chi connectivity index (χ1v) is 8.11. The van der Waals surface area contributed by atoms with E-state index in [4.69, 9.17) is 0 Å². The Morgan fingerprint density at radius 2 is 2.00 bits per heavy atom. The molecule has 2 saturated heterocycles. The lowest BCUT2D eigenvalue weighted by Crippen LogP contribution is -2.45. The molecule has 2 aliphatic rings. The Labute approximate surface area is 132 Å². The van der Waals surface area contributed by atoms with E-state index in [1.165, 1.54) is 0 Å². The van der Waals surface area contributed by atoms with Gasteiger partial charge in [-0.15, -0.1) is 0 Å². The molecule has 0 saturated carbocycles. The number of likely N-dealkylation sites (tertiary alicyclic amines) is 1. The second kappa shape index (κ2) is 5.73. The molecule has 1 N–H and O–H groups in total. The van der Waals surface area contributed by atoms with Gasteiger partial charge in [-0.25, -0.2) is 0 Å². The maximum atomic E-state index is 13.1. The van der Waals surface area contributed by atoms with Crippen LogP contribution in [0.1, 0.15) is 43.7 Å². The largest absolute Gasteiger partial charge is 0.339 e. The number of piperidine rings is 1. The van der Waals surface area contributed by atoms with Gasteiger partial charge in [-0.05, 0) is 51.4 Å². The van der Waals surface area contributed by atoms with Crippen molar-refractivity contribution in [2.45, 2.75) is 38.6 Å². The van der Waals surface area contributed by atoms with Gasteiger partial charge in [0.15, 0.2) is 0 Å². The number of hydrogen-bond acceptors (Lipinski definition) is 3. The van der Waals surface area contributed by atoms with Crippen molar-refractivity contribution in [2.24, 2.45) is 5.41 Å². The highest BCUT2D eigenvalue weighted by molar-refractivity contribution is 5.87. The summed E-state index contributed by atoms with van der Waals surface area (Å²) in [5.41, 5.74) is 1.43. The Morgan fingerprint density at radius 3 is 2.64 bits per heavy atom. The third-order valence-corrected chi connectivity index (χ3v) is 5.31. The second-order valence-corrected chi connectivity index (χ2v) is 6.71. The van der Waals surface area contributed by atoms with Crippen molar-refractivity contribution in [3.8, 4) is 6.07 Å². The van der Waals surface area contributed by atoms with Crippen LogP contribution >= 0.6 is 0 Å². The van der Waals surface area contributed by atoms with Gasteiger partial charge in [0.1, 0.15) is 0 Å². The molecule has 116 valence electrons. The van der Waals surface area contributed by atoms with Crippen LogP contribution in [0.25, 0.3) is 0 Å². The number of amides is 1. The van der Waals surface area contributed by atoms with Crippen LogP contribution in [0.5, 0.6) is 0 Å². The van der Waals surface area contributed by atoms with E-state index in [0.29, 0.717) is 5.56 Å². The van der Waals surface area contributed by atoms with Gasteiger partial charge < -0.3 is 10.2 Å². The van der Waals surface area contributed by atoms with E-state index < -0.39 is 0 Å². The molecule has 1 atom stereocenters. The number of nitriles is 1. The second-order valence-electron chi connectivity index (χ2n) is 6.71. The summed E-state index contributed by atoms with van der Waals surface area (Å²) in [4.78, 5) is 15.1. The monoisotopic (exact) mass is 297 g/mol. The summed E-state index contributed by atoms with van der Waals surface area (Å²) in [6.45, 7) is 6.64. The summed E-state index contributed by atoms with van der Waals surface area (Å²) >= 11 is 0. The van der Waals surface area contributed by atoms with Crippen LogP contribution in [-0.4, -0.2) is 36.5 Å². The van der Waals surface area contributed by atoms with Gasteiger partial charge in [-0.3, -0.25) is 4.79 Å². The molecular formula is C18H23N3O. The molecule has 1 aromatic carbocycles. The number of rotatable bonds is 2. The molecule has 2 fully saturated rings. The van der Waals surface area contributed by atoms with E-state index in [9.17, 15) is 10.1 Å². The van der Waals surface area contributed by atoms with Crippen LogP contribution in [0.4, 0.5) is 0 Å². The van der Waals surface area contributed by atoms with Crippen LogP contribution in [-0.2, 0) is 4.79 Å². The summed E-state index contributed by atoms with van der Waals surface area (Å²) in [6, 6.07) is 10.3. The SMILES string of the molecule is CC(C)N1CC(c2ccccc2C#N)C2(CCNCC2)C1=O. The minimum Gasteiger partial charge on any atom is -0.339 e. The van der Waals surface area contributed by atoms with Crippen molar-refractivity contribution in [2.75, 3.05) is 19.6 Å². The molecule has 3 rings (SSSR count). The van der Waals surface area contributed by atoms with Crippen LogP contribution in [0.2, 0.25) is 0 Å². The number of carbonyl (C=O) groups is 1. The van der Waals surface area contributed by atoms with E-state index >= 15 is 0 Å². The Bertz CT molecular complexity index is 611. The average Bonchev–Trinajstić information content (AvgIpc) is 2.81. The first-order valence-electron chi connectivity index (χ1n) is 8.11. The Kier molecular flexibility index (Phi) is 3.92. The van der Waals surface area contributed by atoms with E-state index in [-0.39, 0.29) is 23.3 Å². The molecule has 22 heavy (non-hydrogen) atoms. The topological polar surface area (TPSA) is 56.1 Å². The van der Waals surface area contributed by atoms with Crippen LogP contribution in [0.3, 0.4) is 0 Å². The fourth-order valence-electron chi connectivity index (χ4n) is 4.07. The van der Waals surface area contributed by atoms with Gasteiger partial charge >= 0.3 is 0 Å². The molecule has 1 spiro atoms. The molecule has 1 unspecified atom stereocenters. The van der Waals surface area contributed by atoms with Gasteiger partial charge in [0.25, 0.3) is 0 Å². The lowest BCUT2D eigenvalue weighted by molar-refractivity contribution is -0.139. The first kappa shape index (κ1) is 15.1. The van der Waals surface area contributed by atoms with E-state index in [2.05, 4.69) is 25.2 Å². The first-order chi connectivity index (χ1) is 10.6. The minimum absolute atomic E-state index is 0.125. The molecule has 1 aromatic rings. The predicted octanol–water partition coefficient (Wildman–Crippen LogP) is 2.26. The van der Waals surface area contributed by atoms with Gasteiger partial charge in [0.05, 0.1) is 17.0 Å². The van der Waals surface area contributed by atoms with Crippen molar-refractivity contribution in [1.29, 1.82) is 5.26 Å². The predicted molar refractivity (Wildman–Crippen MR) is 85.3 cm³/mol. The Morgan fingerprint density at radius 1 is 1.32 bits per heavy atom. The minimum atomic E-state index is -0.331. The number of hydrogen-bond donors (Lipinski definition) is 1. The molecule has 2 aliphatic heterocycles. The van der Waals surface area contributed by atoms with E-state index in [1.807, 2.05) is 29.2 Å². The normalized spacial score (nSPS) is 24.0. The third-order valence-electron chi connectivity index (χ3n) is 5.31. The van der Waals surface area contributed by atoms with E-state index in [1.54, 1.807) is 0 Å². The molecule has 0 aliphatic carbocycles. The van der Waals surface area contributed by atoms with Crippen molar-refractivity contribution in [3.05, 3.63) is 35.4 Å². The van der Waals surface area contributed by atoms with Gasteiger partial charge in [-0.1, -0.05) is 18.2 Å². The number of nitrogens with one attached hydrogen (secondary N) is 1. The summed E-state index contributed by atoms with van der Waals surface area (Å²) in [7, 11) is 0. The third kappa shape index (κ3) is 2.21. The number of benzene rings is 1. The molecule has 0 bridgehead atoms. The molecule has 4 nitrogen and oxygen atoms in total. The Hall–Kier alpha value is -1.86. The fraction of sp³-hybridized carbons (Fsp3) is 0.556. The van der Waals surface area contributed by atoms with Crippen molar-refractivity contribution in [3.63, 3.8) is 0 Å². The summed E-state index contributed by atoms with van der Waals surface area (Å²) in [6.07, 6.45) is 1.72. The zero-order chi connectivity index (χ0) is 15.7. The molecule has 2 heterocycles. The highest BCUT2D eigenvalue weighted by Gasteiger charge is 2.55. The van der Waals surface area contributed by atoms with Gasteiger partial charge in [0, 0.05) is 18.5 Å². The highest BCUT2D eigenvalue weighted by Crippen LogP contribution is 2.50. The maximum Gasteiger partial charge on any atom is 0.229 e. The molecule has 0 aromatic heterocycles. The van der Waals surface area contributed by atoms with Crippen LogP contribution < -0.4 is 5.32 Å². The van der Waals surface area contributed by atoms with Gasteiger partial charge in [-0.2, -0.15) is 5.26 Å². The smallest absolute Gasteiger partial charge is 0.229 e. The lowest BCUT2D eigenvalue weighted by atomic mass is 9.67. The molecule has 0 radical (unpaired) electrons. The van der Waals surface area contributed by atoms with Gasteiger partial charge in [0.2, 0.25) is 5.91 Å². The summed E-state index contributed by atoms with van der Waals surface area (Å²) in [5.74, 6) is 0.405. The molecular weight excluding hydrogens is 274 g/mol. The standard InChI is InChI=1S/C18H23N3O/c1-13(2)21-12-16(15-6-4-3-5-14(15)11-19)18(17(21)22)7-9-20-10-8-18/h3-6,13,16,20H,7-10,12H2,1-2H3. The highest BCUT2D eigenvalue weighted by atomic mass is 16.2. The average molecular weight is 297 g/mol. The van der Waals surface area contributed by atoms with Crippen molar-refractivity contribution >= 4 is 5.91 Å².